The minimum atomic E-state index is -0.519. The highest BCUT2D eigenvalue weighted by molar-refractivity contribution is 5.74. The average molecular weight is 288 g/mol. The van der Waals surface area contributed by atoms with Crippen LogP contribution in [0.5, 0.6) is 0 Å². The normalized spacial score (nSPS) is 19.3. The van der Waals surface area contributed by atoms with Crippen molar-refractivity contribution in [2.24, 2.45) is 11.8 Å². The zero-order valence-corrected chi connectivity index (χ0v) is 12.3. The van der Waals surface area contributed by atoms with E-state index in [4.69, 9.17) is 0 Å². The molecule has 0 aromatic heterocycles. The van der Waals surface area contributed by atoms with Crippen LogP contribution in [-0.2, 0) is 0 Å². The van der Waals surface area contributed by atoms with Crippen LogP contribution in [0, 0.1) is 11.8 Å². The highest BCUT2D eigenvalue weighted by Gasteiger charge is 2.42. The Bertz CT molecular complexity index is 457. The summed E-state index contributed by atoms with van der Waals surface area (Å²) in [5.74, 6) is 1.41. The molecule has 4 nitrogen and oxygen atoms in total. The van der Waals surface area contributed by atoms with Gasteiger partial charge in [-0.1, -0.05) is 30.3 Å². The van der Waals surface area contributed by atoms with Crippen molar-refractivity contribution in [2.45, 2.75) is 44.2 Å². The van der Waals surface area contributed by atoms with Gasteiger partial charge < -0.3 is 15.7 Å². The molecule has 0 heterocycles. The molecule has 2 amide bonds. The van der Waals surface area contributed by atoms with Crippen LogP contribution in [0.4, 0.5) is 4.79 Å². The van der Waals surface area contributed by atoms with E-state index in [1.807, 2.05) is 30.3 Å². The number of urea groups is 1. The number of nitrogens with one attached hydrogen (secondary N) is 2. The molecule has 0 saturated heterocycles. The SMILES string of the molecule is O=C(NCCC(O)c1ccccc1)NC(C1CC1)C1CC1. The molecule has 1 aromatic rings. The summed E-state index contributed by atoms with van der Waals surface area (Å²) >= 11 is 0. The topological polar surface area (TPSA) is 61.4 Å². The third-order valence-corrected chi connectivity index (χ3v) is 4.45. The van der Waals surface area contributed by atoms with E-state index in [-0.39, 0.29) is 6.03 Å². The van der Waals surface area contributed by atoms with Crippen molar-refractivity contribution < 1.29 is 9.90 Å². The second kappa shape index (κ2) is 6.48. The molecule has 3 rings (SSSR count). The van der Waals surface area contributed by atoms with Crippen molar-refractivity contribution in [3.8, 4) is 0 Å². The molecule has 114 valence electrons. The molecular weight excluding hydrogens is 264 g/mol. The van der Waals surface area contributed by atoms with Gasteiger partial charge in [0.25, 0.3) is 0 Å². The van der Waals surface area contributed by atoms with Crippen LogP contribution in [0.1, 0.15) is 43.8 Å². The Hall–Kier alpha value is -1.55. The molecule has 0 radical (unpaired) electrons. The van der Waals surface area contributed by atoms with E-state index < -0.39 is 6.10 Å². The average Bonchev–Trinajstić information content (AvgIpc) is 3.39. The van der Waals surface area contributed by atoms with Crippen LogP contribution in [0.3, 0.4) is 0 Å². The summed E-state index contributed by atoms with van der Waals surface area (Å²) in [5, 5.41) is 16.0. The zero-order valence-electron chi connectivity index (χ0n) is 12.3. The number of benzene rings is 1. The van der Waals surface area contributed by atoms with Gasteiger partial charge in [-0.15, -0.1) is 0 Å². The smallest absolute Gasteiger partial charge is 0.315 e. The van der Waals surface area contributed by atoms with Gasteiger partial charge in [-0.2, -0.15) is 0 Å². The Morgan fingerprint density at radius 1 is 1.14 bits per heavy atom. The van der Waals surface area contributed by atoms with Crippen molar-refractivity contribution in [3.63, 3.8) is 0 Å². The van der Waals surface area contributed by atoms with Crippen molar-refractivity contribution >= 4 is 6.03 Å². The Labute approximate surface area is 125 Å². The summed E-state index contributed by atoms with van der Waals surface area (Å²) in [6.07, 6.45) is 5.05. The number of carbonyl (C=O) groups is 1. The van der Waals surface area contributed by atoms with Gasteiger partial charge in [0.15, 0.2) is 0 Å². The molecule has 2 aliphatic carbocycles. The Morgan fingerprint density at radius 2 is 1.76 bits per heavy atom. The Kier molecular flexibility index (Phi) is 4.44. The number of aliphatic hydroxyl groups excluding tert-OH is 1. The predicted octanol–water partition coefficient (Wildman–Crippen LogP) is 2.60. The van der Waals surface area contributed by atoms with Crippen molar-refractivity contribution in [1.29, 1.82) is 0 Å². The van der Waals surface area contributed by atoms with Gasteiger partial charge in [0.2, 0.25) is 0 Å². The number of rotatable bonds is 7. The summed E-state index contributed by atoms with van der Waals surface area (Å²) in [6.45, 7) is 0.490. The lowest BCUT2D eigenvalue weighted by Crippen LogP contribution is -2.44. The highest BCUT2D eigenvalue weighted by atomic mass is 16.3. The van der Waals surface area contributed by atoms with Gasteiger partial charge in [-0.3, -0.25) is 0 Å². The largest absolute Gasteiger partial charge is 0.388 e. The van der Waals surface area contributed by atoms with Crippen molar-refractivity contribution in [1.82, 2.24) is 10.6 Å². The summed E-state index contributed by atoms with van der Waals surface area (Å²) in [6, 6.07) is 9.85. The number of amides is 2. The molecule has 1 atom stereocenters. The first-order chi connectivity index (χ1) is 10.2. The molecule has 0 bridgehead atoms. The van der Waals surface area contributed by atoms with Crippen LogP contribution < -0.4 is 10.6 Å². The lowest BCUT2D eigenvalue weighted by molar-refractivity contribution is 0.166. The van der Waals surface area contributed by atoms with Crippen LogP contribution in [0.15, 0.2) is 30.3 Å². The molecular formula is C17H24N2O2. The maximum absolute atomic E-state index is 11.9. The summed E-state index contributed by atoms with van der Waals surface area (Å²) in [4.78, 5) is 11.9. The molecule has 2 fully saturated rings. The van der Waals surface area contributed by atoms with E-state index in [0.29, 0.717) is 30.8 Å². The van der Waals surface area contributed by atoms with E-state index in [0.717, 1.165) is 5.56 Å². The van der Waals surface area contributed by atoms with E-state index >= 15 is 0 Å². The zero-order chi connectivity index (χ0) is 14.7. The van der Waals surface area contributed by atoms with E-state index in [9.17, 15) is 9.90 Å². The molecule has 3 N–H and O–H groups in total. The molecule has 1 unspecified atom stereocenters. The van der Waals surface area contributed by atoms with Gasteiger partial charge in [0.1, 0.15) is 0 Å². The minimum absolute atomic E-state index is 0.0842. The minimum Gasteiger partial charge on any atom is -0.388 e. The number of aliphatic hydroxyl groups is 1. The van der Waals surface area contributed by atoms with Gasteiger partial charge in [0, 0.05) is 12.6 Å². The first-order valence-electron chi connectivity index (χ1n) is 8.01. The lowest BCUT2D eigenvalue weighted by Gasteiger charge is -2.18. The summed E-state index contributed by atoms with van der Waals surface area (Å²) < 4.78 is 0. The summed E-state index contributed by atoms with van der Waals surface area (Å²) in [5.41, 5.74) is 0.897. The number of carbonyl (C=O) groups excluding carboxylic acids is 1. The Balaban J connectivity index is 1.37. The second-order valence-electron chi connectivity index (χ2n) is 6.32. The van der Waals surface area contributed by atoms with E-state index in [1.165, 1.54) is 25.7 Å². The molecule has 4 heteroatoms. The standard InChI is InChI=1S/C17H24N2O2/c20-15(12-4-2-1-3-5-12)10-11-18-17(21)19-16(13-6-7-13)14-8-9-14/h1-5,13-16,20H,6-11H2,(H2,18,19,21). The van der Waals surface area contributed by atoms with Crippen molar-refractivity contribution in [2.75, 3.05) is 6.54 Å². The first-order valence-corrected chi connectivity index (χ1v) is 8.01. The molecule has 2 aliphatic rings. The Morgan fingerprint density at radius 3 is 2.33 bits per heavy atom. The molecule has 1 aromatic carbocycles. The fraction of sp³-hybridized carbons (Fsp3) is 0.588. The van der Waals surface area contributed by atoms with Crippen LogP contribution in [-0.4, -0.2) is 23.7 Å². The van der Waals surface area contributed by atoms with Gasteiger partial charge in [-0.25, -0.2) is 4.79 Å². The van der Waals surface area contributed by atoms with Crippen molar-refractivity contribution in [3.05, 3.63) is 35.9 Å². The summed E-state index contributed by atoms with van der Waals surface area (Å²) in [7, 11) is 0. The maximum Gasteiger partial charge on any atom is 0.315 e. The number of hydrogen-bond donors (Lipinski definition) is 3. The second-order valence-corrected chi connectivity index (χ2v) is 6.32. The fourth-order valence-corrected chi connectivity index (χ4v) is 2.90. The van der Waals surface area contributed by atoms with E-state index in [1.54, 1.807) is 0 Å². The van der Waals surface area contributed by atoms with Crippen LogP contribution in [0.25, 0.3) is 0 Å². The monoisotopic (exact) mass is 288 g/mol. The highest BCUT2D eigenvalue weighted by Crippen LogP contribution is 2.44. The van der Waals surface area contributed by atoms with Gasteiger partial charge in [0.05, 0.1) is 6.10 Å². The quantitative estimate of drug-likeness (QED) is 0.722. The maximum atomic E-state index is 11.9. The van der Waals surface area contributed by atoms with Gasteiger partial charge >= 0.3 is 6.03 Å². The van der Waals surface area contributed by atoms with Gasteiger partial charge in [-0.05, 0) is 49.5 Å². The first kappa shape index (κ1) is 14.4. The predicted molar refractivity (Wildman–Crippen MR) is 81.8 cm³/mol. The fourth-order valence-electron chi connectivity index (χ4n) is 2.90. The third-order valence-electron chi connectivity index (χ3n) is 4.45. The van der Waals surface area contributed by atoms with E-state index in [2.05, 4.69) is 10.6 Å². The molecule has 2 saturated carbocycles. The van der Waals surface area contributed by atoms with Crippen LogP contribution in [0.2, 0.25) is 0 Å². The molecule has 21 heavy (non-hydrogen) atoms. The van der Waals surface area contributed by atoms with Crippen LogP contribution >= 0.6 is 0 Å². The molecule has 0 spiro atoms. The lowest BCUT2D eigenvalue weighted by atomic mass is 10.1. The number of hydrogen-bond acceptors (Lipinski definition) is 2. The third kappa shape index (κ3) is 4.21. The molecule has 0 aliphatic heterocycles.